The molecule has 0 aliphatic carbocycles. The molecule has 0 radical (unpaired) electrons. The third-order valence-corrected chi connectivity index (χ3v) is 5.14. The number of aromatic nitrogens is 1. The van der Waals surface area contributed by atoms with E-state index < -0.39 is 0 Å². The summed E-state index contributed by atoms with van der Waals surface area (Å²) < 4.78 is 0. The molecule has 0 bridgehead atoms. The second-order valence-corrected chi connectivity index (χ2v) is 6.35. The molecule has 100 valence electrons. The SMILES string of the molecule is CCC1CN(c2ccc(N)c3ccncc23)CCS1. The van der Waals surface area contributed by atoms with E-state index >= 15 is 0 Å². The van der Waals surface area contributed by atoms with Crippen molar-refractivity contribution in [1.29, 1.82) is 0 Å². The highest BCUT2D eigenvalue weighted by atomic mass is 32.2. The Morgan fingerprint density at radius 1 is 1.37 bits per heavy atom. The van der Waals surface area contributed by atoms with Gasteiger partial charge in [0.05, 0.1) is 0 Å². The van der Waals surface area contributed by atoms with Gasteiger partial charge in [-0.1, -0.05) is 6.92 Å². The lowest BCUT2D eigenvalue weighted by molar-refractivity contribution is 0.730. The van der Waals surface area contributed by atoms with Crippen LogP contribution in [0.3, 0.4) is 0 Å². The number of thioether (sulfide) groups is 1. The van der Waals surface area contributed by atoms with E-state index in [1.54, 1.807) is 0 Å². The van der Waals surface area contributed by atoms with Crippen LogP contribution in [0.25, 0.3) is 10.8 Å². The standard InChI is InChI=1S/C15H19N3S/c1-2-11-10-18(7-8-19-11)15-4-3-14(16)12-5-6-17-9-13(12)15/h3-6,9,11H,2,7-8,10,16H2,1H3. The first kappa shape index (κ1) is 12.6. The molecule has 0 amide bonds. The molecule has 1 aliphatic heterocycles. The Bertz CT molecular complexity index is 585. The second kappa shape index (κ2) is 5.29. The molecule has 19 heavy (non-hydrogen) atoms. The first-order valence-electron chi connectivity index (χ1n) is 6.78. The molecule has 1 fully saturated rings. The van der Waals surface area contributed by atoms with E-state index in [0.717, 1.165) is 29.4 Å². The van der Waals surface area contributed by atoms with Gasteiger partial charge in [0, 0.05) is 58.6 Å². The molecule has 3 rings (SSSR count). The third-order valence-electron chi connectivity index (χ3n) is 3.76. The van der Waals surface area contributed by atoms with Crippen LogP contribution >= 0.6 is 11.8 Å². The fourth-order valence-corrected chi connectivity index (χ4v) is 3.84. The first-order chi connectivity index (χ1) is 9.29. The van der Waals surface area contributed by atoms with Crippen molar-refractivity contribution in [2.75, 3.05) is 29.5 Å². The van der Waals surface area contributed by atoms with Crippen molar-refractivity contribution in [3.63, 3.8) is 0 Å². The molecule has 2 aromatic rings. The lowest BCUT2D eigenvalue weighted by Gasteiger charge is -2.34. The zero-order chi connectivity index (χ0) is 13.2. The topological polar surface area (TPSA) is 42.1 Å². The Labute approximate surface area is 118 Å². The van der Waals surface area contributed by atoms with Crippen LogP contribution in [0, 0.1) is 0 Å². The molecule has 1 atom stereocenters. The molecule has 1 aliphatic rings. The molecule has 1 aromatic carbocycles. The predicted molar refractivity (Wildman–Crippen MR) is 84.9 cm³/mol. The number of nitrogen functional groups attached to an aromatic ring is 1. The molecule has 2 heterocycles. The minimum atomic E-state index is 0.734. The summed E-state index contributed by atoms with van der Waals surface area (Å²) in [7, 11) is 0. The second-order valence-electron chi connectivity index (χ2n) is 4.94. The molecule has 3 nitrogen and oxygen atoms in total. The van der Waals surface area contributed by atoms with Crippen LogP contribution in [0.5, 0.6) is 0 Å². The number of hydrogen-bond acceptors (Lipinski definition) is 4. The van der Waals surface area contributed by atoms with Crippen LogP contribution in [0.1, 0.15) is 13.3 Å². The lowest BCUT2D eigenvalue weighted by atomic mass is 10.1. The van der Waals surface area contributed by atoms with Crippen LogP contribution in [0.15, 0.2) is 30.6 Å². The van der Waals surface area contributed by atoms with Gasteiger partial charge in [-0.3, -0.25) is 4.98 Å². The average Bonchev–Trinajstić information content (AvgIpc) is 2.48. The largest absolute Gasteiger partial charge is 0.398 e. The summed E-state index contributed by atoms with van der Waals surface area (Å²) in [5, 5.41) is 3.01. The molecule has 0 spiro atoms. The van der Waals surface area contributed by atoms with Crippen molar-refractivity contribution in [3.8, 4) is 0 Å². The van der Waals surface area contributed by atoms with Gasteiger partial charge in [0.2, 0.25) is 0 Å². The van der Waals surface area contributed by atoms with Crippen LogP contribution in [-0.2, 0) is 0 Å². The van der Waals surface area contributed by atoms with Gasteiger partial charge in [0.1, 0.15) is 0 Å². The highest BCUT2D eigenvalue weighted by Crippen LogP contribution is 2.33. The number of benzene rings is 1. The van der Waals surface area contributed by atoms with Crippen molar-refractivity contribution >= 4 is 33.9 Å². The minimum Gasteiger partial charge on any atom is -0.398 e. The van der Waals surface area contributed by atoms with E-state index in [-0.39, 0.29) is 0 Å². The van der Waals surface area contributed by atoms with E-state index in [1.165, 1.54) is 23.2 Å². The zero-order valence-electron chi connectivity index (χ0n) is 11.2. The Morgan fingerprint density at radius 3 is 3.11 bits per heavy atom. The molecule has 4 heteroatoms. The van der Waals surface area contributed by atoms with E-state index in [2.05, 4.69) is 34.6 Å². The Kier molecular flexibility index (Phi) is 3.51. The monoisotopic (exact) mass is 273 g/mol. The maximum atomic E-state index is 6.06. The van der Waals surface area contributed by atoms with Gasteiger partial charge < -0.3 is 10.6 Å². The molecule has 1 unspecified atom stereocenters. The quantitative estimate of drug-likeness (QED) is 0.854. The van der Waals surface area contributed by atoms with Crippen molar-refractivity contribution in [2.24, 2.45) is 0 Å². The maximum Gasteiger partial charge on any atom is 0.0463 e. The number of fused-ring (bicyclic) bond motifs is 1. The number of hydrogen-bond donors (Lipinski definition) is 1. The van der Waals surface area contributed by atoms with Gasteiger partial charge in [0.25, 0.3) is 0 Å². The number of nitrogens with zero attached hydrogens (tertiary/aromatic N) is 2. The van der Waals surface area contributed by atoms with Gasteiger partial charge in [-0.25, -0.2) is 0 Å². The number of pyridine rings is 1. The normalized spacial score (nSPS) is 19.8. The number of anilines is 2. The predicted octanol–water partition coefficient (Wildman–Crippen LogP) is 3.15. The maximum absolute atomic E-state index is 6.06. The molecule has 1 aromatic heterocycles. The number of nitrogens with two attached hydrogens (primary N) is 1. The summed E-state index contributed by atoms with van der Waals surface area (Å²) in [6.45, 7) is 4.49. The fraction of sp³-hybridized carbons (Fsp3) is 0.400. The third kappa shape index (κ3) is 2.37. The summed E-state index contributed by atoms with van der Waals surface area (Å²) in [4.78, 5) is 6.74. The van der Waals surface area contributed by atoms with Crippen molar-refractivity contribution < 1.29 is 0 Å². The highest BCUT2D eigenvalue weighted by Gasteiger charge is 2.20. The molecule has 0 saturated carbocycles. The summed E-state index contributed by atoms with van der Waals surface area (Å²) in [5.41, 5.74) is 8.16. The van der Waals surface area contributed by atoms with Gasteiger partial charge in [-0.05, 0) is 24.6 Å². The van der Waals surface area contributed by atoms with Crippen LogP contribution in [0.4, 0.5) is 11.4 Å². The zero-order valence-corrected chi connectivity index (χ0v) is 12.0. The average molecular weight is 273 g/mol. The van der Waals surface area contributed by atoms with Crippen LogP contribution in [0.2, 0.25) is 0 Å². The molecular weight excluding hydrogens is 254 g/mol. The van der Waals surface area contributed by atoms with Gasteiger partial charge >= 0.3 is 0 Å². The molecule has 2 N–H and O–H groups in total. The molecular formula is C15H19N3S. The summed E-state index contributed by atoms with van der Waals surface area (Å²) in [6, 6.07) is 6.16. The smallest absolute Gasteiger partial charge is 0.0463 e. The summed E-state index contributed by atoms with van der Waals surface area (Å²) >= 11 is 2.09. The highest BCUT2D eigenvalue weighted by molar-refractivity contribution is 8.00. The molecule has 1 saturated heterocycles. The minimum absolute atomic E-state index is 0.734. The first-order valence-corrected chi connectivity index (χ1v) is 7.83. The van der Waals surface area contributed by atoms with E-state index in [1.807, 2.05) is 24.5 Å². The Hall–Kier alpha value is -1.42. The van der Waals surface area contributed by atoms with E-state index in [0.29, 0.717) is 0 Å². The number of rotatable bonds is 2. The van der Waals surface area contributed by atoms with Crippen molar-refractivity contribution in [3.05, 3.63) is 30.6 Å². The van der Waals surface area contributed by atoms with Crippen LogP contribution in [-0.4, -0.2) is 29.1 Å². The fourth-order valence-electron chi connectivity index (χ4n) is 2.66. The van der Waals surface area contributed by atoms with Crippen LogP contribution < -0.4 is 10.6 Å². The Balaban J connectivity index is 2.03. The van der Waals surface area contributed by atoms with Crippen molar-refractivity contribution in [1.82, 2.24) is 4.98 Å². The lowest BCUT2D eigenvalue weighted by Crippen LogP contribution is -2.37. The van der Waals surface area contributed by atoms with E-state index in [4.69, 9.17) is 5.73 Å². The summed E-state index contributed by atoms with van der Waals surface area (Å²) in [5.74, 6) is 1.20. The summed E-state index contributed by atoms with van der Waals surface area (Å²) in [6.07, 6.45) is 4.97. The van der Waals surface area contributed by atoms with Gasteiger partial charge in [-0.15, -0.1) is 0 Å². The van der Waals surface area contributed by atoms with E-state index in [9.17, 15) is 0 Å². The van der Waals surface area contributed by atoms with Gasteiger partial charge in [0.15, 0.2) is 0 Å². The van der Waals surface area contributed by atoms with Crippen molar-refractivity contribution in [2.45, 2.75) is 18.6 Å². The van der Waals surface area contributed by atoms with Gasteiger partial charge in [-0.2, -0.15) is 11.8 Å². The Morgan fingerprint density at radius 2 is 2.26 bits per heavy atom.